The van der Waals surface area contributed by atoms with Gasteiger partial charge in [-0.1, -0.05) is 30.7 Å². The molecule has 0 amide bonds. The Morgan fingerprint density at radius 3 is 2.81 bits per heavy atom. The monoisotopic (exact) mass is 324 g/mol. The zero-order chi connectivity index (χ0) is 14.8. The molecule has 1 aliphatic heterocycles. The van der Waals surface area contributed by atoms with Gasteiger partial charge in [-0.2, -0.15) is 4.68 Å². The highest BCUT2D eigenvalue weighted by molar-refractivity contribution is 7.71. The summed E-state index contributed by atoms with van der Waals surface area (Å²) in [5, 5.41) is 5.12. The number of rotatable bonds is 3. The molecule has 21 heavy (non-hydrogen) atoms. The molecule has 1 N–H and O–H groups in total. The van der Waals surface area contributed by atoms with Crippen molar-refractivity contribution in [2.75, 3.05) is 13.1 Å². The molecule has 1 aromatic carbocycles. The van der Waals surface area contributed by atoms with Gasteiger partial charge in [0.2, 0.25) is 5.89 Å². The van der Waals surface area contributed by atoms with E-state index in [-0.39, 0.29) is 0 Å². The van der Waals surface area contributed by atoms with Gasteiger partial charge in [-0.25, -0.2) is 0 Å². The molecule has 3 rings (SSSR count). The first-order chi connectivity index (χ1) is 10.1. The summed E-state index contributed by atoms with van der Waals surface area (Å²) in [6, 6.07) is 7.51. The third-order valence-corrected chi connectivity index (χ3v) is 4.69. The Morgan fingerprint density at radius 1 is 1.38 bits per heavy atom. The third kappa shape index (κ3) is 3.36. The molecule has 0 saturated carbocycles. The smallest absolute Gasteiger partial charge is 0.292 e. The van der Waals surface area contributed by atoms with Crippen LogP contribution >= 0.6 is 23.8 Å². The molecule has 4 nitrogen and oxygen atoms in total. The van der Waals surface area contributed by atoms with Crippen molar-refractivity contribution in [3.05, 3.63) is 34.1 Å². The molecular weight excluding hydrogens is 306 g/mol. The molecule has 1 saturated heterocycles. The predicted octanol–water partition coefficient (Wildman–Crippen LogP) is 2.80. The first-order valence-corrected chi connectivity index (χ1v) is 8.08. The Balaban J connectivity index is 1.79. The third-order valence-electron chi connectivity index (χ3n) is 4.07. The Morgan fingerprint density at radius 2 is 2.10 bits per heavy atom. The Kier molecular flexibility index (Phi) is 4.42. The SMILES string of the molecule is CC1CC[NH+](Cn2nc(-c3ccccc3Cl)oc2=S)CC1. The van der Waals surface area contributed by atoms with Crippen molar-refractivity contribution in [3.8, 4) is 11.5 Å². The maximum Gasteiger partial charge on any atom is 0.292 e. The molecule has 0 radical (unpaired) electrons. The van der Waals surface area contributed by atoms with Crippen molar-refractivity contribution >= 4 is 23.8 Å². The first-order valence-electron chi connectivity index (χ1n) is 7.30. The van der Waals surface area contributed by atoms with Gasteiger partial charge < -0.3 is 9.32 Å². The summed E-state index contributed by atoms with van der Waals surface area (Å²) in [5.41, 5.74) is 0.784. The largest absolute Gasteiger partial charge is 0.409 e. The molecule has 0 aliphatic carbocycles. The van der Waals surface area contributed by atoms with Gasteiger partial charge in [0.25, 0.3) is 4.84 Å². The van der Waals surface area contributed by atoms with Gasteiger partial charge in [-0.05, 0) is 43.1 Å². The van der Waals surface area contributed by atoms with E-state index in [1.165, 1.54) is 17.7 Å². The molecule has 0 atom stereocenters. The molecule has 0 spiro atoms. The van der Waals surface area contributed by atoms with Crippen LogP contribution in [0.25, 0.3) is 11.5 Å². The first kappa shape index (κ1) is 14.8. The molecular formula is C15H19ClN3OS+. The number of aromatic nitrogens is 2. The number of hydrogen-bond acceptors (Lipinski definition) is 3. The summed E-state index contributed by atoms with van der Waals surface area (Å²) in [6.45, 7) is 5.40. The topological polar surface area (TPSA) is 35.4 Å². The number of piperidine rings is 1. The summed E-state index contributed by atoms with van der Waals surface area (Å²) in [5.74, 6) is 1.33. The standard InChI is InChI=1S/C15H18ClN3OS/c1-11-6-8-18(9-7-11)10-19-15(21)20-14(17-19)12-4-2-3-5-13(12)16/h2-5,11H,6-10H2,1H3/p+1. The second kappa shape index (κ2) is 6.30. The molecule has 2 heterocycles. The molecule has 1 fully saturated rings. The molecule has 0 unspecified atom stereocenters. The van der Waals surface area contributed by atoms with E-state index in [2.05, 4.69) is 12.0 Å². The van der Waals surface area contributed by atoms with Gasteiger partial charge in [0, 0.05) is 0 Å². The summed E-state index contributed by atoms with van der Waals surface area (Å²) in [7, 11) is 0. The summed E-state index contributed by atoms with van der Waals surface area (Å²) in [6.07, 6.45) is 2.52. The van der Waals surface area contributed by atoms with E-state index in [0.717, 1.165) is 31.2 Å². The van der Waals surface area contributed by atoms with Crippen LogP contribution in [0.4, 0.5) is 0 Å². The van der Waals surface area contributed by atoms with Crippen LogP contribution in [0.3, 0.4) is 0 Å². The number of benzene rings is 1. The van der Waals surface area contributed by atoms with Gasteiger partial charge in [0.15, 0.2) is 6.67 Å². The lowest BCUT2D eigenvalue weighted by molar-refractivity contribution is -0.929. The molecule has 0 bridgehead atoms. The predicted molar refractivity (Wildman–Crippen MR) is 84.9 cm³/mol. The number of likely N-dealkylation sites (tertiary alicyclic amines) is 1. The number of halogens is 1. The Bertz CT molecular complexity index is 674. The van der Waals surface area contributed by atoms with E-state index in [4.69, 9.17) is 28.2 Å². The number of hydrogen-bond donors (Lipinski definition) is 1. The second-order valence-electron chi connectivity index (χ2n) is 5.74. The van der Waals surface area contributed by atoms with Crippen LogP contribution in [0, 0.1) is 10.8 Å². The minimum absolute atomic E-state index is 0.413. The fourth-order valence-electron chi connectivity index (χ4n) is 2.69. The average Bonchev–Trinajstić information content (AvgIpc) is 2.83. The molecule has 1 aliphatic rings. The van der Waals surface area contributed by atoms with Gasteiger partial charge in [-0.3, -0.25) is 0 Å². The lowest BCUT2D eigenvalue weighted by Crippen LogP contribution is -3.12. The average molecular weight is 325 g/mol. The van der Waals surface area contributed by atoms with Gasteiger partial charge >= 0.3 is 0 Å². The van der Waals surface area contributed by atoms with Crippen LogP contribution in [-0.2, 0) is 6.67 Å². The fourth-order valence-corrected chi connectivity index (χ4v) is 3.09. The Labute approximate surface area is 134 Å². The van der Waals surface area contributed by atoms with Crippen molar-refractivity contribution < 1.29 is 9.32 Å². The van der Waals surface area contributed by atoms with Crippen LogP contribution in [0.2, 0.25) is 5.02 Å². The summed E-state index contributed by atoms with van der Waals surface area (Å²) < 4.78 is 7.39. The second-order valence-corrected chi connectivity index (χ2v) is 6.50. The van der Waals surface area contributed by atoms with E-state index >= 15 is 0 Å². The van der Waals surface area contributed by atoms with Crippen LogP contribution in [0.5, 0.6) is 0 Å². The van der Waals surface area contributed by atoms with Crippen LogP contribution in [0.15, 0.2) is 28.7 Å². The minimum atomic E-state index is 0.413. The van der Waals surface area contributed by atoms with Gasteiger partial charge in [0.1, 0.15) is 0 Å². The van der Waals surface area contributed by atoms with E-state index in [1.54, 1.807) is 4.68 Å². The summed E-state index contributed by atoms with van der Waals surface area (Å²) >= 11 is 11.5. The van der Waals surface area contributed by atoms with Crippen LogP contribution in [0.1, 0.15) is 19.8 Å². The van der Waals surface area contributed by atoms with Crippen molar-refractivity contribution in [3.63, 3.8) is 0 Å². The molecule has 6 heteroatoms. The quantitative estimate of drug-likeness (QED) is 0.882. The van der Waals surface area contributed by atoms with Crippen molar-refractivity contribution in [1.82, 2.24) is 9.78 Å². The number of nitrogens with one attached hydrogen (secondary N) is 1. The summed E-state index contributed by atoms with van der Waals surface area (Å²) in [4.78, 5) is 1.92. The van der Waals surface area contributed by atoms with E-state index in [1.807, 2.05) is 24.3 Å². The highest BCUT2D eigenvalue weighted by Crippen LogP contribution is 2.26. The number of nitrogens with zero attached hydrogens (tertiary/aromatic N) is 2. The number of quaternary nitrogens is 1. The van der Waals surface area contributed by atoms with Crippen molar-refractivity contribution in [2.24, 2.45) is 5.92 Å². The highest BCUT2D eigenvalue weighted by Gasteiger charge is 2.20. The van der Waals surface area contributed by atoms with Crippen LogP contribution < -0.4 is 4.90 Å². The maximum absolute atomic E-state index is 6.18. The van der Waals surface area contributed by atoms with E-state index in [0.29, 0.717) is 15.8 Å². The minimum Gasteiger partial charge on any atom is -0.409 e. The highest BCUT2D eigenvalue weighted by atomic mass is 35.5. The van der Waals surface area contributed by atoms with Gasteiger partial charge in [-0.15, -0.1) is 5.10 Å². The molecule has 2 aromatic rings. The zero-order valence-electron chi connectivity index (χ0n) is 12.0. The van der Waals surface area contributed by atoms with Crippen molar-refractivity contribution in [2.45, 2.75) is 26.4 Å². The molecule has 112 valence electrons. The van der Waals surface area contributed by atoms with Crippen molar-refractivity contribution in [1.29, 1.82) is 0 Å². The van der Waals surface area contributed by atoms with E-state index < -0.39 is 0 Å². The van der Waals surface area contributed by atoms with E-state index in [9.17, 15) is 0 Å². The lowest BCUT2D eigenvalue weighted by atomic mass is 10.00. The zero-order valence-corrected chi connectivity index (χ0v) is 13.6. The lowest BCUT2D eigenvalue weighted by Gasteiger charge is -2.26. The molecule has 1 aromatic heterocycles. The fraction of sp³-hybridized carbons (Fsp3) is 0.467. The Hall–Kier alpha value is -1.17. The maximum atomic E-state index is 6.18. The van der Waals surface area contributed by atoms with Crippen LogP contribution in [-0.4, -0.2) is 22.9 Å². The normalized spacial score (nSPS) is 22.4. The van der Waals surface area contributed by atoms with Gasteiger partial charge in [0.05, 0.1) is 23.7 Å².